The van der Waals surface area contributed by atoms with Gasteiger partial charge in [0, 0.05) is 10.9 Å². The summed E-state index contributed by atoms with van der Waals surface area (Å²) < 4.78 is 0. The number of ketones is 1. The third-order valence-electron chi connectivity index (χ3n) is 4.45. The van der Waals surface area contributed by atoms with Gasteiger partial charge in [-0.1, -0.05) is 42.5 Å². The molecule has 1 amide bonds. The average molecular weight is 316 g/mol. The zero-order valence-electron chi connectivity index (χ0n) is 13.3. The largest absolute Gasteiger partial charge is 0.292 e. The SMILES string of the molecule is Cc1cccc2ccc(N3CC(=O)c4ccccc4CC3=O)nc12. The predicted octanol–water partition coefficient (Wildman–Crippen LogP) is 3.32. The molecule has 2 heterocycles. The van der Waals surface area contributed by atoms with Crippen molar-refractivity contribution in [2.75, 3.05) is 11.4 Å². The average Bonchev–Trinajstić information content (AvgIpc) is 2.72. The summed E-state index contributed by atoms with van der Waals surface area (Å²) in [4.78, 5) is 31.4. The Morgan fingerprint density at radius 3 is 2.67 bits per heavy atom. The van der Waals surface area contributed by atoms with Crippen LogP contribution in [0.25, 0.3) is 10.9 Å². The van der Waals surface area contributed by atoms with E-state index in [-0.39, 0.29) is 24.7 Å². The molecule has 0 bridgehead atoms. The molecule has 0 N–H and O–H groups in total. The number of amides is 1. The molecule has 0 aliphatic carbocycles. The highest BCUT2D eigenvalue weighted by Gasteiger charge is 2.27. The van der Waals surface area contributed by atoms with E-state index in [0.717, 1.165) is 22.0 Å². The molecule has 0 fully saturated rings. The number of fused-ring (bicyclic) bond motifs is 2. The molecular weight excluding hydrogens is 300 g/mol. The van der Waals surface area contributed by atoms with Gasteiger partial charge in [-0.3, -0.25) is 14.5 Å². The normalized spacial score (nSPS) is 14.6. The number of Topliss-reactive ketones (excluding diaryl/α,β-unsaturated/α-hetero) is 1. The van der Waals surface area contributed by atoms with Gasteiger partial charge >= 0.3 is 0 Å². The number of pyridine rings is 1. The molecule has 1 aliphatic heterocycles. The number of nitrogens with zero attached hydrogens (tertiary/aromatic N) is 2. The van der Waals surface area contributed by atoms with E-state index < -0.39 is 0 Å². The number of rotatable bonds is 1. The molecule has 0 radical (unpaired) electrons. The molecule has 4 heteroatoms. The Kier molecular flexibility index (Phi) is 3.38. The second-order valence-corrected chi connectivity index (χ2v) is 6.05. The molecule has 118 valence electrons. The molecule has 2 aromatic carbocycles. The van der Waals surface area contributed by atoms with Gasteiger partial charge in [0.25, 0.3) is 0 Å². The van der Waals surface area contributed by atoms with Crippen LogP contribution < -0.4 is 4.90 Å². The zero-order chi connectivity index (χ0) is 16.7. The van der Waals surface area contributed by atoms with E-state index in [4.69, 9.17) is 0 Å². The number of carbonyl (C=O) groups is 2. The van der Waals surface area contributed by atoms with E-state index >= 15 is 0 Å². The lowest BCUT2D eigenvalue weighted by molar-refractivity contribution is -0.117. The zero-order valence-corrected chi connectivity index (χ0v) is 13.3. The first-order chi connectivity index (χ1) is 11.6. The van der Waals surface area contributed by atoms with Crippen LogP contribution in [0, 0.1) is 6.92 Å². The number of carbonyl (C=O) groups excluding carboxylic acids is 2. The van der Waals surface area contributed by atoms with Crippen LogP contribution in [0.1, 0.15) is 21.5 Å². The van der Waals surface area contributed by atoms with E-state index in [0.29, 0.717) is 11.4 Å². The van der Waals surface area contributed by atoms with Crippen LogP contribution in [-0.2, 0) is 11.2 Å². The quantitative estimate of drug-likeness (QED) is 0.692. The highest BCUT2D eigenvalue weighted by molar-refractivity contribution is 6.09. The summed E-state index contributed by atoms with van der Waals surface area (Å²) in [7, 11) is 0. The predicted molar refractivity (Wildman–Crippen MR) is 93.3 cm³/mol. The van der Waals surface area contributed by atoms with E-state index in [2.05, 4.69) is 4.98 Å². The lowest BCUT2D eigenvalue weighted by Crippen LogP contribution is -2.35. The number of aromatic nitrogens is 1. The Hall–Kier alpha value is -3.01. The standard InChI is InChI=1S/C20H16N2O2/c1-13-5-4-7-14-9-10-18(21-20(13)14)22-12-17(23)16-8-3-2-6-15(16)11-19(22)24/h2-10H,11-12H2,1H3. The van der Waals surface area contributed by atoms with Crippen molar-refractivity contribution in [3.05, 3.63) is 71.3 Å². The summed E-state index contributed by atoms with van der Waals surface area (Å²) in [5.41, 5.74) is 3.32. The van der Waals surface area contributed by atoms with Crippen molar-refractivity contribution < 1.29 is 9.59 Å². The molecule has 1 aliphatic rings. The molecule has 0 spiro atoms. The second-order valence-electron chi connectivity index (χ2n) is 6.05. The molecule has 4 nitrogen and oxygen atoms in total. The summed E-state index contributed by atoms with van der Waals surface area (Å²) in [6, 6.07) is 17.0. The molecule has 24 heavy (non-hydrogen) atoms. The molecule has 3 aromatic rings. The van der Waals surface area contributed by atoms with Gasteiger partial charge in [0.2, 0.25) is 5.91 Å². The summed E-state index contributed by atoms with van der Waals surface area (Å²) in [5.74, 6) is 0.375. The van der Waals surface area contributed by atoms with Gasteiger partial charge in [-0.15, -0.1) is 0 Å². The first-order valence-corrected chi connectivity index (χ1v) is 7.91. The maximum atomic E-state index is 12.7. The third kappa shape index (κ3) is 2.36. The van der Waals surface area contributed by atoms with E-state index in [1.165, 1.54) is 4.90 Å². The van der Waals surface area contributed by atoms with Crippen LogP contribution in [-0.4, -0.2) is 23.2 Å². The van der Waals surface area contributed by atoms with Crippen molar-refractivity contribution in [1.29, 1.82) is 0 Å². The van der Waals surface area contributed by atoms with Gasteiger partial charge in [-0.2, -0.15) is 0 Å². The monoisotopic (exact) mass is 316 g/mol. The van der Waals surface area contributed by atoms with Crippen molar-refractivity contribution in [2.45, 2.75) is 13.3 Å². The Labute approximate surface area is 139 Å². The first-order valence-electron chi connectivity index (χ1n) is 7.91. The van der Waals surface area contributed by atoms with Crippen LogP contribution in [0.5, 0.6) is 0 Å². The van der Waals surface area contributed by atoms with Gasteiger partial charge in [0.05, 0.1) is 18.5 Å². The number of para-hydroxylation sites is 1. The molecule has 0 atom stereocenters. The Morgan fingerprint density at radius 1 is 0.958 bits per heavy atom. The Bertz CT molecular complexity index is 978. The summed E-state index contributed by atoms with van der Waals surface area (Å²) in [5, 5.41) is 1.02. The number of anilines is 1. The van der Waals surface area contributed by atoms with Gasteiger partial charge < -0.3 is 0 Å². The number of benzene rings is 2. The van der Waals surface area contributed by atoms with Crippen molar-refractivity contribution in [3.63, 3.8) is 0 Å². The van der Waals surface area contributed by atoms with Crippen LogP contribution in [0.15, 0.2) is 54.6 Å². The minimum absolute atomic E-state index is 0.0280. The maximum absolute atomic E-state index is 12.7. The van der Waals surface area contributed by atoms with Gasteiger partial charge in [0.15, 0.2) is 5.78 Å². The van der Waals surface area contributed by atoms with E-state index in [1.54, 1.807) is 6.07 Å². The Morgan fingerprint density at radius 2 is 1.79 bits per heavy atom. The van der Waals surface area contributed by atoms with Crippen LogP contribution in [0.4, 0.5) is 5.82 Å². The van der Waals surface area contributed by atoms with Gasteiger partial charge in [0.1, 0.15) is 5.82 Å². The number of hydrogen-bond acceptors (Lipinski definition) is 3. The topological polar surface area (TPSA) is 50.3 Å². The van der Waals surface area contributed by atoms with Crippen LogP contribution in [0.2, 0.25) is 0 Å². The third-order valence-corrected chi connectivity index (χ3v) is 4.45. The molecule has 0 saturated heterocycles. The summed E-state index contributed by atoms with van der Waals surface area (Å²) in [6.45, 7) is 2.02. The molecular formula is C20H16N2O2. The van der Waals surface area contributed by atoms with E-state index in [1.807, 2.05) is 55.5 Å². The molecule has 0 unspecified atom stereocenters. The van der Waals surface area contributed by atoms with Gasteiger partial charge in [-0.05, 0) is 30.2 Å². The van der Waals surface area contributed by atoms with Crippen molar-refractivity contribution in [3.8, 4) is 0 Å². The fourth-order valence-electron chi connectivity index (χ4n) is 3.17. The molecule has 0 saturated carbocycles. The summed E-state index contributed by atoms with van der Waals surface area (Å²) in [6.07, 6.45) is 0.218. The molecule has 1 aromatic heterocycles. The maximum Gasteiger partial charge on any atom is 0.233 e. The first kappa shape index (κ1) is 14.6. The molecule has 4 rings (SSSR count). The minimum Gasteiger partial charge on any atom is -0.292 e. The number of hydrogen-bond donors (Lipinski definition) is 0. The second kappa shape index (κ2) is 5.57. The fraction of sp³-hybridized carbons (Fsp3) is 0.150. The lowest BCUT2D eigenvalue weighted by atomic mass is 10.0. The number of aryl methyl sites for hydroxylation is 1. The highest BCUT2D eigenvalue weighted by Crippen LogP contribution is 2.24. The minimum atomic E-state index is -0.103. The van der Waals surface area contributed by atoms with Crippen molar-refractivity contribution >= 4 is 28.4 Å². The highest BCUT2D eigenvalue weighted by atomic mass is 16.2. The van der Waals surface area contributed by atoms with Crippen molar-refractivity contribution in [2.24, 2.45) is 0 Å². The van der Waals surface area contributed by atoms with E-state index in [9.17, 15) is 9.59 Å². The van der Waals surface area contributed by atoms with Crippen LogP contribution in [0.3, 0.4) is 0 Å². The fourth-order valence-corrected chi connectivity index (χ4v) is 3.17. The Balaban J connectivity index is 1.78. The lowest BCUT2D eigenvalue weighted by Gasteiger charge is -2.19. The van der Waals surface area contributed by atoms with Gasteiger partial charge in [-0.25, -0.2) is 4.98 Å². The smallest absolute Gasteiger partial charge is 0.233 e. The van der Waals surface area contributed by atoms with Crippen LogP contribution >= 0.6 is 0 Å². The summed E-state index contributed by atoms with van der Waals surface area (Å²) >= 11 is 0. The van der Waals surface area contributed by atoms with Crippen molar-refractivity contribution in [1.82, 2.24) is 4.98 Å².